The molecule has 29 heavy (non-hydrogen) atoms. The first-order chi connectivity index (χ1) is 14.2. The van der Waals surface area contributed by atoms with E-state index in [0.717, 1.165) is 28.7 Å². The van der Waals surface area contributed by atoms with Gasteiger partial charge in [0, 0.05) is 23.0 Å². The number of nitrogen functional groups attached to an aromatic ring is 1. The summed E-state index contributed by atoms with van der Waals surface area (Å²) >= 11 is 0. The fourth-order valence-electron chi connectivity index (χ4n) is 3.21. The number of hydrogen-bond acceptors (Lipinski definition) is 6. The largest absolute Gasteiger partial charge is 0.393 e. The Morgan fingerprint density at radius 3 is 2.45 bits per heavy atom. The molecule has 0 aliphatic rings. The van der Waals surface area contributed by atoms with Crippen molar-refractivity contribution in [3.63, 3.8) is 0 Å². The molecule has 2 aromatic heterocycles. The first-order valence-corrected chi connectivity index (χ1v) is 9.82. The Hall–Kier alpha value is -3.67. The molecule has 4 aromatic rings. The lowest BCUT2D eigenvalue weighted by atomic mass is 10.1. The molecule has 146 valence electrons. The topological polar surface area (TPSA) is 88.8 Å². The highest BCUT2D eigenvalue weighted by Gasteiger charge is 2.10. The number of pyridine rings is 1. The molecular formula is C23H24N6. The Kier molecular flexibility index (Phi) is 5.52. The number of unbranched alkanes of at least 4 members (excludes halogenated alkanes) is 1. The summed E-state index contributed by atoms with van der Waals surface area (Å²) in [5.41, 5.74) is 10.9. The van der Waals surface area contributed by atoms with Crippen LogP contribution in [0.15, 0.2) is 67.1 Å². The van der Waals surface area contributed by atoms with Gasteiger partial charge in [0.1, 0.15) is 12.0 Å². The van der Waals surface area contributed by atoms with Gasteiger partial charge in [-0.3, -0.25) is 4.98 Å². The maximum Gasteiger partial charge on any atom is 0.159 e. The van der Waals surface area contributed by atoms with Crippen molar-refractivity contribution in [1.82, 2.24) is 15.0 Å². The van der Waals surface area contributed by atoms with Crippen LogP contribution >= 0.6 is 0 Å². The van der Waals surface area contributed by atoms with Crippen molar-refractivity contribution < 1.29 is 0 Å². The molecule has 0 saturated carbocycles. The summed E-state index contributed by atoms with van der Waals surface area (Å²) in [6.07, 6.45) is 6.77. The van der Waals surface area contributed by atoms with Gasteiger partial charge >= 0.3 is 0 Å². The highest BCUT2D eigenvalue weighted by atomic mass is 15.1. The van der Waals surface area contributed by atoms with Gasteiger partial charge in [-0.25, -0.2) is 9.97 Å². The van der Waals surface area contributed by atoms with Crippen molar-refractivity contribution in [1.29, 1.82) is 0 Å². The summed E-state index contributed by atoms with van der Waals surface area (Å²) in [6, 6.07) is 18.2. The van der Waals surface area contributed by atoms with Gasteiger partial charge in [0.2, 0.25) is 0 Å². The molecule has 0 radical (unpaired) electrons. The van der Waals surface area contributed by atoms with Gasteiger partial charge in [0.05, 0.1) is 5.52 Å². The SMILES string of the molecule is CCCCc1ccc(Nc2ncnc(Nc3cccc4ncccc34)c2N)cc1. The average Bonchev–Trinajstić information content (AvgIpc) is 2.76. The summed E-state index contributed by atoms with van der Waals surface area (Å²) in [4.78, 5) is 13.0. The van der Waals surface area contributed by atoms with Crippen LogP contribution in [0.1, 0.15) is 25.3 Å². The Balaban J connectivity index is 1.56. The van der Waals surface area contributed by atoms with E-state index in [1.165, 1.54) is 24.7 Å². The van der Waals surface area contributed by atoms with Crippen LogP contribution in [0.25, 0.3) is 10.9 Å². The molecule has 0 amide bonds. The van der Waals surface area contributed by atoms with Crippen molar-refractivity contribution in [2.24, 2.45) is 0 Å². The molecule has 0 saturated heterocycles. The number of nitrogens with two attached hydrogens (primary N) is 1. The lowest BCUT2D eigenvalue weighted by Gasteiger charge is -2.14. The third-order valence-corrected chi connectivity index (χ3v) is 4.82. The van der Waals surface area contributed by atoms with E-state index in [-0.39, 0.29) is 0 Å². The quantitative estimate of drug-likeness (QED) is 0.393. The normalized spacial score (nSPS) is 10.8. The number of aryl methyl sites for hydroxylation is 1. The number of nitrogens with one attached hydrogen (secondary N) is 2. The molecule has 0 aliphatic heterocycles. The Labute approximate surface area is 170 Å². The minimum Gasteiger partial charge on any atom is -0.393 e. The van der Waals surface area contributed by atoms with Gasteiger partial charge in [-0.15, -0.1) is 0 Å². The molecule has 4 rings (SSSR count). The van der Waals surface area contributed by atoms with Crippen LogP contribution < -0.4 is 16.4 Å². The number of hydrogen-bond donors (Lipinski definition) is 3. The van der Waals surface area contributed by atoms with Gasteiger partial charge in [0.15, 0.2) is 11.6 Å². The van der Waals surface area contributed by atoms with Gasteiger partial charge < -0.3 is 16.4 Å². The van der Waals surface area contributed by atoms with Gasteiger partial charge in [-0.2, -0.15) is 0 Å². The van der Waals surface area contributed by atoms with Crippen LogP contribution in [0.4, 0.5) is 28.7 Å². The molecule has 6 nitrogen and oxygen atoms in total. The third-order valence-electron chi connectivity index (χ3n) is 4.82. The second-order valence-corrected chi connectivity index (χ2v) is 6.91. The zero-order valence-electron chi connectivity index (χ0n) is 16.4. The summed E-state index contributed by atoms with van der Waals surface area (Å²) in [5.74, 6) is 1.13. The molecule has 0 spiro atoms. The Morgan fingerprint density at radius 1 is 0.862 bits per heavy atom. The van der Waals surface area contributed by atoms with Crippen LogP contribution in [0.2, 0.25) is 0 Å². The highest BCUT2D eigenvalue weighted by Crippen LogP contribution is 2.30. The van der Waals surface area contributed by atoms with E-state index in [4.69, 9.17) is 5.73 Å². The monoisotopic (exact) mass is 384 g/mol. The number of anilines is 5. The number of benzene rings is 2. The van der Waals surface area contributed by atoms with Crippen molar-refractivity contribution in [3.05, 3.63) is 72.7 Å². The zero-order chi connectivity index (χ0) is 20.1. The predicted octanol–water partition coefficient (Wildman–Crippen LogP) is 5.44. The average molecular weight is 384 g/mol. The molecular weight excluding hydrogens is 360 g/mol. The molecule has 0 unspecified atom stereocenters. The van der Waals surface area contributed by atoms with Crippen molar-refractivity contribution in [2.45, 2.75) is 26.2 Å². The molecule has 4 N–H and O–H groups in total. The molecule has 0 atom stereocenters. The molecule has 2 aromatic carbocycles. The molecule has 2 heterocycles. The molecule has 0 fully saturated rings. The fraction of sp³-hybridized carbons (Fsp3) is 0.174. The van der Waals surface area contributed by atoms with E-state index in [2.05, 4.69) is 56.8 Å². The minimum absolute atomic E-state index is 0.462. The smallest absolute Gasteiger partial charge is 0.159 e. The number of fused-ring (bicyclic) bond motifs is 1. The third kappa shape index (κ3) is 4.27. The second kappa shape index (κ2) is 8.56. The van der Waals surface area contributed by atoms with E-state index >= 15 is 0 Å². The summed E-state index contributed by atoms with van der Waals surface area (Å²) < 4.78 is 0. The molecule has 0 bridgehead atoms. The summed E-state index contributed by atoms with van der Waals surface area (Å²) in [6.45, 7) is 2.20. The van der Waals surface area contributed by atoms with Crippen LogP contribution in [-0.2, 0) is 6.42 Å². The summed E-state index contributed by atoms with van der Waals surface area (Å²) in [5, 5.41) is 7.61. The fourth-order valence-corrected chi connectivity index (χ4v) is 3.21. The van der Waals surface area contributed by atoms with E-state index in [0.29, 0.717) is 17.3 Å². The van der Waals surface area contributed by atoms with Crippen LogP contribution in [0, 0.1) is 0 Å². The number of aromatic nitrogens is 3. The lowest BCUT2D eigenvalue weighted by molar-refractivity contribution is 0.795. The predicted molar refractivity (Wildman–Crippen MR) is 120 cm³/mol. The van der Waals surface area contributed by atoms with Crippen LogP contribution in [-0.4, -0.2) is 15.0 Å². The van der Waals surface area contributed by atoms with Gasteiger partial charge in [-0.1, -0.05) is 31.5 Å². The van der Waals surface area contributed by atoms with Crippen molar-refractivity contribution >= 4 is 39.6 Å². The standard InChI is InChI=1S/C23H24N6/c1-2-3-6-16-10-12-17(13-11-16)28-22-21(24)23(27-15-26-22)29-20-9-4-8-19-18(20)7-5-14-25-19/h4-5,7-15H,2-3,6,24H2,1H3,(H2,26,27,28,29). The molecule has 6 heteroatoms. The van der Waals surface area contributed by atoms with E-state index in [9.17, 15) is 0 Å². The summed E-state index contributed by atoms with van der Waals surface area (Å²) in [7, 11) is 0. The van der Waals surface area contributed by atoms with Crippen molar-refractivity contribution in [3.8, 4) is 0 Å². The maximum atomic E-state index is 6.35. The first kappa shape index (κ1) is 18.7. The Bertz CT molecular complexity index is 1100. The molecule has 0 aliphatic carbocycles. The highest BCUT2D eigenvalue weighted by molar-refractivity contribution is 5.94. The zero-order valence-corrected chi connectivity index (χ0v) is 16.4. The van der Waals surface area contributed by atoms with Gasteiger partial charge in [0.25, 0.3) is 0 Å². The van der Waals surface area contributed by atoms with Gasteiger partial charge in [-0.05, 0) is 54.8 Å². The number of nitrogens with zero attached hydrogens (tertiary/aromatic N) is 3. The number of rotatable bonds is 7. The van der Waals surface area contributed by atoms with E-state index in [1.807, 2.05) is 30.3 Å². The maximum absolute atomic E-state index is 6.35. The van der Waals surface area contributed by atoms with Crippen LogP contribution in [0.5, 0.6) is 0 Å². The minimum atomic E-state index is 0.462. The van der Waals surface area contributed by atoms with Crippen LogP contribution in [0.3, 0.4) is 0 Å². The van der Waals surface area contributed by atoms with E-state index < -0.39 is 0 Å². The Morgan fingerprint density at radius 2 is 1.66 bits per heavy atom. The first-order valence-electron chi connectivity index (χ1n) is 9.82. The lowest BCUT2D eigenvalue weighted by Crippen LogP contribution is -2.05. The second-order valence-electron chi connectivity index (χ2n) is 6.91. The van der Waals surface area contributed by atoms with E-state index in [1.54, 1.807) is 6.20 Å². The van der Waals surface area contributed by atoms with Crippen molar-refractivity contribution in [2.75, 3.05) is 16.4 Å².